The minimum Gasteiger partial charge on any atom is -0.378 e. The van der Waals surface area contributed by atoms with Crippen LogP contribution in [0.1, 0.15) is 12.0 Å². The Morgan fingerprint density at radius 1 is 1.00 bits per heavy atom. The van der Waals surface area contributed by atoms with Crippen LogP contribution in [0.15, 0.2) is 36.7 Å². The maximum atomic E-state index is 12.5. The third kappa shape index (κ3) is 6.10. The van der Waals surface area contributed by atoms with Crippen LogP contribution in [0.3, 0.4) is 0 Å². The molecule has 2 aliphatic heterocycles. The summed E-state index contributed by atoms with van der Waals surface area (Å²) in [5, 5.41) is 5.66. The van der Waals surface area contributed by atoms with Crippen molar-refractivity contribution in [2.75, 3.05) is 74.1 Å². The van der Waals surface area contributed by atoms with E-state index in [4.69, 9.17) is 4.74 Å². The van der Waals surface area contributed by atoms with Crippen molar-refractivity contribution in [1.29, 1.82) is 0 Å². The molecule has 10 nitrogen and oxygen atoms in total. The number of benzene rings is 1. The lowest BCUT2D eigenvalue weighted by atomic mass is 10.1. The minimum atomic E-state index is -0.309. The van der Waals surface area contributed by atoms with Crippen LogP contribution in [-0.4, -0.2) is 85.8 Å². The van der Waals surface area contributed by atoms with Crippen LogP contribution in [-0.2, 0) is 9.53 Å². The SMILES string of the molecule is Cc1cc(N2CCOCC2)ccc1NC(=O)NCCC(=O)N1CCN(c2ncccn2)CC1. The summed E-state index contributed by atoms with van der Waals surface area (Å²) < 4.78 is 5.40. The molecule has 2 aromatic rings. The van der Waals surface area contributed by atoms with Gasteiger partial charge in [0.05, 0.1) is 13.2 Å². The Balaban J connectivity index is 1.18. The molecule has 0 bridgehead atoms. The molecule has 2 aliphatic rings. The predicted molar refractivity (Wildman–Crippen MR) is 127 cm³/mol. The lowest BCUT2D eigenvalue weighted by Gasteiger charge is -2.34. The Morgan fingerprint density at radius 2 is 1.73 bits per heavy atom. The summed E-state index contributed by atoms with van der Waals surface area (Å²) in [5.74, 6) is 0.728. The highest BCUT2D eigenvalue weighted by atomic mass is 16.5. The average molecular weight is 454 g/mol. The van der Waals surface area contributed by atoms with Gasteiger partial charge in [-0.15, -0.1) is 0 Å². The maximum Gasteiger partial charge on any atom is 0.319 e. The fourth-order valence-corrected chi connectivity index (χ4v) is 4.02. The highest BCUT2D eigenvalue weighted by molar-refractivity contribution is 5.90. The predicted octanol–water partition coefficient (Wildman–Crippen LogP) is 1.48. The second-order valence-electron chi connectivity index (χ2n) is 8.15. The van der Waals surface area contributed by atoms with Gasteiger partial charge in [-0.25, -0.2) is 14.8 Å². The fourth-order valence-electron chi connectivity index (χ4n) is 4.02. The first kappa shape index (κ1) is 22.8. The van der Waals surface area contributed by atoms with Gasteiger partial charge in [0, 0.05) is 76.0 Å². The van der Waals surface area contributed by atoms with Gasteiger partial charge in [-0.05, 0) is 36.8 Å². The molecule has 10 heteroatoms. The zero-order valence-electron chi connectivity index (χ0n) is 19.0. The van der Waals surface area contributed by atoms with E-state index < -0.39 is 0 Å². The topological polar surface area (TPSA) is 103 Å². The summed E-state index contributed by atoms with van der Waals surface area (Å²) in [5.41, 5.74) is 2.88. The molecule has 0 saturated carbocycles. The molecule has 0 unspecified atom stereocenters. The number of hydrogen-bond donors (Lipinski definition) is 2. The van der Waals surface area contributed by atoms with E-state index in [1.807, 2.05) is 24.0 Å². The number of urea groups is 1. The molecule has 2 N–H and O–H groups in total. The van der Waals surface area contributed by atoms with Gasteiger partial charge in [-0.3, -0.25) is 4.79 Å². The number of nitrogens with zero attached hydrogens (tertiary/aromatic N) is 5. The van der Waals surface area contributed by atoms with E-state index in [0.717, 1.165) is 43.2 Å². The van der Waals surface area contributed by atoms with E-state index >= 15 is 0 Å². The molecule has 2 fully saturated rings. The van der Waals surface area contributed by atoms with Crippen LogP contribution < -0.4 is 20.4 Å². The van der Waals surface area contributed by atoms with Crippen molar-refractivity contribution < 1.29 is 14.3 Å². The fraction of sp³-hybridized carbons (Fsp3) is 0.478. The van der Waals surface area contributed by atoms with Crippen molar-refractivity contribution in [2.45, 2.75) is 13.3 Å². The maximum absolute atomic E-state index is 12.5. The first-order valence-corrected chi connectivity index (χ1v) is 11.4. The van der Waals surface area contributed by atoms with Gasteiger partial charge in [0.1, 0.15) is 0 Å². The molecule has 4 rings (SSSR count). The van der Waals surface area contributed by atoms with E-state index in [9.17, 15) is 9.59 Å². The Labute approximate surface area is 193 Å². The molecule has 3 heterocycles. The van der Waals surface area contributed by atoms with E-state index in [1.165, 1.54) is 0 Å². The van der Waals surface area contributed by atoms with E-state index in [1.54, 1.807) is 18.5 Å². The number of carbonyl (C=O) groups excluding carboxylic acids is 2. The number of nitrogens with one attached hydrogen (secondary N) is 2. The van der Waals surface area contributed by atoms with Gasteiger partial charge in [0.15, 0.2) is 0 Å². The standard InChI is InChI=1S/C23H31N7O3/c1-18-17-19(28-13-15-33-16-14-28)3-4-20(18)27-23(32)26-8-5-21(31)29-9-11-30(12-10-29)22-24-6-2-7-25-22/h2-4,6-7,17H,5,8-16H2,1H3,(H2,26,27,32). The Morgan fingerprint density at radius 3 is 2.42 bits per heavy atom. The monoisotopic (exact) mass is 453 g/mol. The molecular weight excluding hydrogens is 422 g/mol. The van der Waals surface area contributed by atoms with E-state index in [2.05, 4.69) is 36.5 Å². The molecular formula is C23H31N7O3. The quantitative estimate of drug-likeness (QED) is 0.683. The van der Waals surface area contributed by atoms with Gasteiger partial charge in [-0.2, -0.15) is 0 Å². The van der Waals surface area contributed by atoms with Crippen molar-refractivity contribution in [3.8, 4) is 0 Å². The highest BCUT2D eigenvalue weighted by Crippen LogP contribution is 2.23. The normalized spacial score (nSPS) is 16.5. The number of aromatic nitrogens is 2. The van der Waals surface area contributed by atoms with Crippen LogP contribution >= 0.6 is 0 Å². The molecule has 176 valence electrons. The van der Waals surface area contributed by atoms with Crippen LogP contribution in [0.25, 0.3) is 0 Å². The zero-order chi connectivity index (χ0) is 23.0. The Kier molecular flexibility index (Phi) is 7.56. The minimum absolute atomic E-state index is 0.0370. The summed E-state index contributed by atoms with van der Waals surface area (Å²) in [6.45, 7) is 8.11. The molecule has 3 amide bonds. The smallest absolute Gasteiger partial charge is 0.319 e. The van der Waals surface area contributed by atoms with E-state index in [0.29, 0.717) is 32.1 Å². The second kappa shape index (κ2) is 11.0. The van der Waals surface area contributed by atoms with Crippen molar-refractivity contribution in [3.63, 3.8) is 0 Å². The first-order chi connectivity index (χ1) is 16.1. The number of carbonyl (C=O) groups is 2. The van der Waals surface area contributed by atoms with Gasteiger partial charge in [-0.1, -0.05) is 0 Å². The van der Waals surface area contributed by atoms with Gasteiger partial charge in [0.2, 0.25) is 11.9 Å². The Bertz CT molecular complexity index is 942. The van der Waals surface area contributed by atoms with Crippen LogP contribution in [0.5, 0.6) is 0 Å². The summed E-state index contributed by atoms with van der Waals surface area (Å²) >= 11 is 0. The molecule has 1 aromatic carbocycles. The summed E-state index contributed by atoms with van der Waals surface area (Å²) in [7, 11) is 0. The summed E-state index contributed by atoms with van der Waals surface area (Å²) in [4.78, 5) is 39.5. The molecule has 0 atom stereocenters. The number of aryl methyl sites for hydroxylation is 1. The van der Waals surface area contributed by atoms with E-state index in [-0.39, 0.29) is 24.9 Å². The molecule has 0 radical (unpaired) electrons. The zero-order valence-corrected chi connectivity index (χ0v) is 19.0. The van der Waals surface area contributed by atoms with Crippen molar-refractivity contribution in [2.24, 2.45) is 0 Å². The average Bonchev–Trinajstić information content (AvgIpc) is 2.86. The third-order valence-corrected chi connectivity index (χ3v) is 5.93. The number of piperazine rings is 1. The number of morpholine rings is 1. The van der Waals surface area contributed by atoms with Crippen molar-refractivity contribution in [1.82, 2.24) is 20.2 Å². The van der Waals surface area contributed by atoms with Gasteiger partial charge < -0.3 is 30.1 Å². The summed E-state index contributed by atoms with van der Waals surface area (Å²) in [6, 6.07) is 7.48. The lowest BCUT2D eigenvalue weighted by Crippen LogP contribution is -2.49. The lowest BCUT2D eigenvalue weighted by molar-refractivity contribution is -0.131. The number of hydrogen-bond acceptors (Lipinski definition) is 7. The van der Waals surface area contributed by atoms with Crippen LogP contribution in [0.2, 0.25) is 0 Å². The molecule has 1 aromatic heterocycles. The Hall–Kier alpha value is -3.40. The van der Waals surface area contributed by atoms with Gasteiger partial charge >= 0.3 is 6.03 Å². The second-order valence-corrected chi connectivity index (χ2v) is 8.15. The number of anilines is 3. The van der Waals surface area contributed by atoms with Crippen molar-refractivity contribution >= 4 is 29.3 Å². The molecule has 2 saturated heterocycles. The number of ether oxygens (including phenoxy) is 1. The van der Waals surface area contributed by atoms with Crippen molar-refractivity contribution in [3.05, 3.63) is 42.2 Å². The molecule has 0 spiro atoms. The highest BCUT2D eigenvalue weighted by Gasteiger charge is 2.22. The number of amides is 3. The van der Waals surface area contributed by atoms with Gasteiger partial charge in [0.25, 0.3) is 0 Å². The summed E-state index contributed by atoms with van der Waals surface area (Å²) in [6.07, 6.45) is 3.71. The molecule has 0 aliphatic carbocycles. The van der Waals surface area contributed by atoms with Crippen LogP contribution in [0, 0.1) is 6.92 Å². The first-order valence-electron chi connectivity index (χ1n) is 11.4. The largest absolute Gasteiger partial charge is 0.378 e. The third-order valence-electron chi connectivity index (χ3n) is 5.93. The van der Waals surface area contributed by atoms with Crippen LogP contribution in [0.4, 0.5) is 22.1 Å². The number of rotatable bonds is 6. The molecule has 33 heavy (non-hydrogen) atoms.